The van der Waals surface area contributed by atoms with Gasteiger partial charge >= 0.3 is 0 Å². The Morgan fingerprint density at radius 2 is 1.10 bits per heavy atom. The molecule has 0 N–H and O–H groups in total. The normalized spacial score (nSPS) is 12.0. The van der Waals surface area contributed by atoms with Gasteiger partial charge in [0.1, 0.15) is 0 Å². The van der Waals surface area contributed by atoms with Gasteiger partial charge in [-0.25, -0.2) is 0 Å². The lowest BCUT2D eigenvalue weighted by atomic mass is 9.86. The number of rotatable bonds is 17. The van der Waals surface area contributed by atoms with Crippen molar-refractivity contribution in [1.82, 2.24) is 0 Å². The van der Waals surface area contributed by atoms with Crippen molar-refractivity contribution in [3.8, 4) is 33.4 Å². The van der Waals surface area contributed by atoms with E-state index in [9.17, 15) is 0 Å². The summed E-state index contributed by atoms with van der Waals surface area (Å²) in [7, 11) is 0. The molecular weight excluding hydrogens is 603 g/mol. The summed E-state index contributed by atoms with van der Waals surface area (Å²) in [5, 5.41) is 0. The van der Waals surface area contributed by atoms with Crippen molar-refractivity contribution < 1.29 is 0 Å². The summed E-state index contributed by atoms with van der Waals surface area (Å²) < 4.78 is 0. The average Bonchev–Trinajstić information content (AvgIpc) is 3.15. The van der Waals surface area contributed by atoms with Gasteiger partial charge in [0, 0.05) is 5.71 Å². The maximum absolute atomic E-state index is 5.36. The first-order valence-corrected chi connectivity index (χ1v) is 19.2. The Balaban J connectivity index is 1.54. The fourth-order valence-corrected chi connectivity index (χ4v) is 7.32. The molecule has 0 unspecified atom stereocenters. The van der Waals surface area contributed by atoms with Gasteiger partial charge in [0.25, 0.3) is 0 Å². The molecule has 0 saturated carbocycles. The molecule has 0 heterocycles. The van der Waals surface area contributed by atoms with Crippen molar-refractivity contribution >= 4 is 17.5 Å². The summed E-state index contributed by atoms with van der Waals surface area (Å²) in [4.78, 5) is 5.36. The minimum absolute atomic E-state index is 0.880. The molecule has 0 aliphatic heterocycles. The van der Waals surface area contributed by atoms with E-state index in [1.807, 2.05) is 0 Å². The van der Waals surface area contributed by atoms with Crippen molar-refractivity contribution in [2.45, 2.75) is 105 Å². The maximum atomic E-state index is 5.36. The predicted octanol–water partition coefficient (Wildman–Crippen LogP) is 14.8. The molecule has 0 aliphatic carbocycles. The lowest BCUT2D eigenvalue weighted by molar-refractivity contribution is 0.608. The van der Waals surface area contributed by atoms with Crippen LogP contribution >= 0.6 is 0 Å². The van der Waals surface area contributed by atoms with E-state index in [2.05, 4.69) is 156 Å². The van der Waals surface area contributed by atoms with Crippen LogP contribution in [0, 0.1) is 6.92 Å². The molecule has 0 atom stereocenters. The summed E-state index contributed by atoms with van der Waals surface area (Å²) in [6.45, 7) is 11.3. The van der Waals surface area contributed by atoms with Gasteiger partial charge in [0.2, 0.25) is 0 Å². The Labute approximate surface area is 303 Å². The molecular formula is C49H57N. The van der Waals surface area contributed by atoms with E-state index in [1.54, 1.807) is 0 Å². The second-order valence-electron chi connectivity index (χ2n) is 13.9. The Hall–Kier alpha value is -4.49. The van der Waals surface area contributed by atoms with Crippen LogP contribution in [0.5, 0.6) is 0 Å². The number of hydrogen-bond donors (Lipinski definition) is 0. The predicted molar refractivity (Wildman–Crippen MR) is 221 cm³/mol. The minimum Gasteiger partial charge on any atom is -0.253 e. The van der Waals surface area contributed by atoms with E-state index in [0.29, 0.717) is 0 Å². The van der Waals surface area contributed by atoms with Gasteiger partial charge < -0.3 is 0 Å². The van der Waals surface area contributed by atoms with Gasteiger partial charge in [-0.15, -0.1) is 0 Å². The second kappa shape index (κ2) is 19.0. The van der Waals surface area contributed by atoms with E-state index in [1.165, 1.54) is 113 Å². The molecule has 1 heteroatoms. The highest BCUT2D eigenvalue weighted by atomic mass is 14.7. The highest BCUT2D eigenvalue weighted by molar-refractivity contribution is 6.04. The third kappa shape index (κ3) is 9.81. The highest BCUT2D eigenvalue weighted by Gasteiger charge is 2.16. The molecule has 5 aromatic rings. The Morgan fingerprint density at radius 1 is 0.560 bits per heavy atom. The van der Waals surface area contributed by atoms with E-state index < -0.39 is 0 Å². The number of nitrogens with zero attached hydrogens (tertiary/aromatic N) is 1. The summed E-state index contributed by atoms with van der Waals surface area (Å²) in [5.74, 6) is 0. The summed E-state index contributed by atoms with van der Waals surface area (Å²) in [6, 6.07) is 42.2. The van der Waals surface area contributed by atoms with Crippen LogP contribution in [0.2, 0.25) is 0 Å². The maximum Gasteiger partial charge on any atom is 0.0638 e. The standard InChI is InChI=1S/C49H57N/c1-6-9-11-12-13-17-31-44-36-45(33-38(5)48(44)41-27-20-15-21-28-41)50-47(8-3)37(4)32-39-34-43(24-10-7-2)49(42-29-22-16-23-30-42)46(35-39)40-25-18-14-19-26-40/h14-16,18-23,25-30,32-36H,6-13,17,24,31H2,1-5H3. The van der Waals surface area contributed by atoms with Crippen LogP contribution in [-0.2, 0) is 12.8 Å². The van der Waals surface area contributed by atoms with Gasteiger partial charge in [0.15, 0.2) is 0 Å². The largest absolute Gasteiger partial charge is 0.253 e. The zero-order valence-electron chi connectivity index (χ0n) is 31.3. The first-order valence-electron chi connectivity index (χ1n) is 19.2. The van der Waals surface area contributed by atoms with Gasteiger partial charge in [0.05, 0.1) is 5.69 Å². The Kier molecular flexibility index (Phi) is 14.0. The van der Waals surface area contributed by atoms with E-state index in [0.717, 1.165) is 30.7 Å². The zero-order valence-corrected chi connectivity index (χ0v) is 31.3. The first-order chi connectivity index (χ1) is 24.5. The lowest BCUT2D eigenvalue weighted by Crippen LogP contribution is -2.00. The number of allylic oxidation sites excluding steroid dienone is 1. The van der Waals surface area contributed by atoms with Crippen molar-refractivity contribution in [3.05, 3.63) is 143 Å². The monoisotopic (exact) mass is 659 g/mol. The van der Waals surface area contributed by atoms with Crippen LogP contribution < -0.4 is 0 Å². The summed E-state index contributed by atoms with van der Waals surface area (Å²) in [6.07, 6.45) is 15.5. The number of unbranched alkanes of at least 4 members (excludes halogenated alkanes) is 6. The van der Waals surface area contributed by atoms with Crippen molar-refractivity contribution in [2.75, 3.05) is 0 Å². The molecule has 0 amide bonds. The molecule has 0 radical (unpaired) electrons. The lowest BCUT2D eigenvalue weighted by Gasteiger charge is -2.18. The highest BCUT2D eigenvalue weighted by Crippen LogP contribution is 2.38. The minimum atomic E-state index is 0.880. The summed E-state index contributed by atoms with van der Waals surface area (Å²) in [5.41, 5.74) is 16.7. The summed E-state index contributed by atoms with van der Waals surface area (Å²) >= 11 is 0. The molecule has 0 saturated heterocycles. The van der Waals surface area contributed by atoms with E-state index >= 15 is 0 Å². The molecule has 0 aliphatic rings. The van der Waals surface area contributed by atoms with E-state index in [-0.39, 0.29) is 0 Å². The number of aryl methyl sites for hydroxylation is 3. The Bertz CT molecular complexity index is 1840. The van der Waals surface area contributed by atoms with Crippen LogP contribution in [0.15, 0.2) is 126 Å². The molecule has 258 valence electrons. The second-order valence-corrected chi connectivity index (χ2v) is 13.9. The van der Waals surface area contributed by atoms with Crippen molar-refractivity contribution in [2.24, 2.45) is 4.99 Å². The quantitative estimate of drug-likeness (QED) is 0.0696. The van der Waals surface area contributed by atoms with Crippen molar-refractivity contribution in [3.63, 3.8) is 0 Å². The van der Waals surface area contributed by atoms with Gasteiger partial charge in [-0.1, -0.05) is 162 Å². The third-order valence-corrected chi connectivity index (χ3v) is 9.89. The van der Waals surface area contributed by atoms with Crippen LogP contribution in [0.25, 0.3) is 39.5 Å². The fourth-order valence-electron chi connectivity index (χ4n) is 7.32. The topological polar surface area (TPSA) is 12.4 Å². The molecule has 0 aromatic heterocycles. The zero-order chi connectivity index (χ0) is 35.1. The molecule has 5 aromatic carbocycles. The smallest absolute Gasteiger partial charge is 0.0638 e. The van der Waals surface area contributed by atoms with Crippen molar-refractivity contribution in [1.29, 1.82) is 0 Å². The number of aliphatic imine (C=N–C) groups is 1. The van der Waals surface area contributed by atoms with Crippen LogP contribution in [0.1, 0.15) is 108 Å². The molecule has 0 bridgehead atoms. The molecule has 0 fully saturated rings. The molecule has 5 rings (SSSR count). The number of benzene rings is 5. The van der Waals surface area contributed by atoms with Gasteiger partial charge in [-0.3, -0.25) is 4.99 Å². The molecule has 0 spiro atoms. The molecule has 1 nitrogen and oxygen atoms in total. The van der Waals surface area contributed by atoms with E-state index in [4.69, 9.17) is 4.99 Å². The Morgan fingerprint density at radius 3 is 1.72 bits per heavy atom. The third-order valence-electron chi connectivity index (χ3n) is 9.89. The fraction of sp³-hybridized carbons (Fsp3) is 0.327. The van der Waals surface area contributed by atoms with Crippen LogP contribution in [-0.4, -0.2) is 5.71 Å². The van der Waals surface area contributed by atoms with Gasteiger partial charge in [-0.2, -0.15) is 0 Å². The SMILES string of the molecule is CCCCCCCCc1cc(N=C(CC)C(C)=Cc2cc(CCCC)c(-c3ccccc3)c(-c3ccccc3)c2)cc(C)c1-c1ccccc1. The first kappa shape index (κ1) is 36.8. The van der Waals surface area contributed by atoms with Gasteiger partial charge in [-0.05, 0) is 125 Å². The molecule has 50 heavy (non-hydrogen) atoms. The average molecular weight is 660 g/mol. The van der Waals surface area contributed by atoms with Crippen LogP contribution in [0.3, 0.4) is 0 Å². The number of hydrogen-bond acceptors (Lipinski definition) is 1. The van der Waals surface area contributed by atoms with Crippen LogP contribution in [0.4, 0.5) is 5.69 Å².